The summed E-state index contributed by atoms with van der Waals surface area (Å²) < 4.78 is 5.43. The first kappa shape index (κ1) is 14.1. The van der Waals surface area contributed by atoms with E-state index in [9.17, 15) is 9.59 Å². The number of carbonyl (C=O) groups excluding carboxylic acids is 1. The molecule has 0 saturated carbocycles. The van der Waals surface area contributed by atoms with Crippen LogP contribution in [0.2, 0.25) is 0 Å². The van der Waals surface area contributed by atoms with Crippen LogP contribution in [0.25, 0.3) is 11.2 Å². The maximum absolute atomic E-state index is 11.7. The molecule has 0 aliphatic carbocycles. The molecule has 21 heavy (non-hydrogen) atoms. The van der Waals surface area contributed by atoms with Crippen molar-refractivity contribution in [3.8, 4) is 0 Å². The average molecular weight is 309 g/mol. The van der Waals surface area contributed by atoms with Crippen molar-refractivity contribution in [1.82, 2.24) is 25.3 Å². The summed E-state index contributed by atoms with van der Waals surface area (Å²) in [5.74, 6) is 0.0752. The Balaban J connectivity index is 1.53. The van der Waals surface area contributed by atoms with Gasteiger partial charge < -0.3 is 15.0 Å². The third kappa shape index (κ3) is 3.42. The molecule has 1 aliphatic heterocycles. The van der Waals surface area contributed by atoms with E-state index in [1.165, 1.54) is 18.1 Å². The van der Waals surface area contributed by atoms with Crippen molar-refractivity contribution in [3.05, 3.63) is 16.7 Å². The predicted octanol–water partition coefficient (Wildman–Crippen LogP) is 0.0335. The van der Waals surface area contributed by atoms with Crippen molar-refractivity contribution < 1.29 is 9.53 Å². The van der Waals surface area contributed by atoms with Gasteiger partial charge in [0.1, 0.15) is 0 Å². The molecule has 8 nitrogen and oxygen atoms in total. The molecular weight excluding hydrogens is 294 g/mol. The number of imidazole rings is 1. The number of H-pyrrole nitrogens is 2. The number of hydrogen-bond acceptors (Lipinski definition) is 6. The largest absolute Gasteiger partial charge is 0.376 e. The summed E-state index contributed by atoms with van der Waals surface area (Å²) in [6, 6.07) is 0. The lowest BCUT2D eigenvalue weighted by Gasteiger charge is -2.10. The molecule has 1 atom stereocenters. The van der Waals surface area contributed by atoms with Crippen LogP contribution in [0.5, 0.6) is 0 Å². The summed E-state index contributed by atoms with van der Waals surface area (Å²) in [4.78, 5) is 36.9. The Kier molecular flexibility index (Phi) is 4.20. The Morgan fingerprint density at radius 3 is 3.29 bits per heavy atom. The van der Waals surface area contributed by atoms with Crippen molar-refractivity contribution in [2.75, 3.05) is 18.9 Å². The molecule has 0 unspecified atom stereocenters. The third-order valence-corrected chi connectivity index (χ3v) is 4.04. The van der Waals surface area contributed by atoms with Crippen LogP contribution in [0.4, 0.5) is 0 Å². The van der Waals surface area contributed by atoms with Gasteiger partial charge in [0.05, 0.1) is 18.2 Å². The van der Waals surface area contributed by atoms with Crippen LogP contribution in [-0.2, 0) is 9.53 Å². The van der Waals surface area contributed by atoms with E-state index in [0.29, 0.717) is 22.9 Å². The quantitative estimate of drug-likeness (QED) is 0.531. The van der Waals surface area contributed by atoms with Crippen LogP contribution in [0.1, 0.15) is 12.8 Å². The standard InChI is InChI=1S/C12H15N5O3S/c18-8(13-4-7-2-1-3-20-7)5-21-12-16-10-9(11(19)17-12)14-6-15-10/h6-7H,1-5H2,(H,13,18)(H2,14,15,16,17,19)/t7-/m1/s1. The molecule has 3 rings (SSSR count). The van der Waals surface area contributed by atoms with Crippen molar-refractivity contribution >= 4 is 28.8 Å². The fourth-order valence-electron chi connectivity index (χ4n) is 2.11. The Labute approximate surface area is 124 Å². The second-order valence-electron chi connectivity index (χ2n) is 4.70. The lowest BCUT2D eigenvalue weighted by Crippen LogP contribution is -2.33. The predicted molar refractivity (Wildman–Crippen MR) is 77.2 cm³/mol. The number of ether oxygens (including phenoxy) is 1. The van der Waals surface area contributed by atoms with Crippen LogP contribution in [0.15, 0.2) is 16.3 Å². The number of carbonyl (C=O) groups is 1. The normalized spacial score (nSPS) is 18.2. The number of amides is 1. The highest BCUT2D eigenvalue weighted by atomic mass is 32.2. The zero-order valence-electron chi connectivity index (χ0n) is 11.2. The van der Waals surface area contributed by atoms with Crippen LogP contribution >= 0.6 is 11.8 Å². The Hall–Kier alpha value is -1.87. The zero-order chi connectivity index (χ0) is 14.7. The zero-order valence-corrected chi connectivity index (χ0v) is 12.0. The monoisotopic (exact) mass is 309 g/mol. The smallest absolute Gasteiger partial charge is 0.277 e. The summed E-state index contributed by atoms with van der Waals surface area (Å²) >= 11 is 1.17. The Morgan fingerprint density at radius 2 is 2.48 bits per heavy atom. The van der Waals surface area contributed by atoms with Crippen molar-refractivity contribution in [2.24, 2.45) is 0 Å². The minimum Gasteiger partial charge on any atom is -0.376 e. The van der Waals surface area contributed by atoms with Crippen LogP contribution in [0.3, 0.4) is 0 Å². The number of hydrogen-bond donors (Lipinski definition) is 3. The molecule has 112 valence electrons. The molecule has 0 spiro atoms. The molecule has 1 amide bonds. The molecule has 3 heterocycles. The second-order valence-corrected chi connectivity index (χ2v) is 5.66. The maximum Gasteiger partial charge on any atom is 0.277 e. The number of aromatic amines is 2. The molecule has 0 aromatic carbocycles. The van der Waals surface area contributed by atoms with Gasteiger partial charge in [0.25, 0.3) is 5.56 Å². The van der Waals surface area contributed by atoms with E-state index in [1.807, 2.05) is 0 Å². The summed E-state index contributed by atoms with van der Waals surface area (Å²) in [7, 11) is 0. The van der Waals surface area contributed by atoms with Crippen molar-refractivity contribution in [2.45, 2.75) is 24.1 Å². The highest BCUT2D eigenvalue weighted by Gasteiger charge is 2.16. The van der Waals surface area contributed by atoms with Gasteiger partial charge in [-0.05, 0) is 12.8 Å². The minimum atomic E-state index is -0.292. The van der Waals surface area contributed by atoms with Crippen molar-refractivity contribution in [1.29, 1.82) is 0 Å². The van der Waals surface area contributed by atoms with Gasteiger partial charge >= 0.3 is 0 Å². The Morgan fingerprint density at radius 1 is 1.57 bits per heavy atom. The molecule has 1 fully saturated rings. The van der Waals surface area contributed by atoms with Crippen LogP contribution in [-0.4, -0.2) is 50.9 Å². The number of nitrogens with zero attached hydrogens (tertiary/aromatic N) is 2. The lowest BCUT2D eigenvalue weighted by molar-refractivity contribution is -0.119. The fourth-order valence-corrected chi connectivity index (χ4v) is 2.79. The molecule has 0 bridgehead atoms. The highest BCUT2D eigenvalue weighted by molar-refractivity contribution is 7.99. The van der Waals surface area contributed by atoms with E-state index in [4.69, 9.17) is 4.74 Å². The molecule has 2 aromatic rings. The number of fused-ring (bicyclic) bond motifs is 1. The number of aromatic nitrogens is 4. The molecule has 0 radical (unpaired) electrons. The van der Waals surface area contributed by atoms with E-state index in [1.54, 1.807) is 0 Å². The molecule has 9 heteroatoms. The van der Waals surface area contributed by atoms with Crippen LogP contribution in [0, 0.1) is 0 Å². The summed E-state index contributed by atoms with van der Waals surface area (Å²) in [5, 5.41) is 3.20. The van der Waals surface area contributed by atoms with Gasteiger partial charge in [-0.2, -0.15) is 0 Å². The van der Waals surface area contributed by atoms with Gasteiger partial charge in [-0.15, -0.1) is 0 Å². The maximum atomic E-state index is 11.7. The molecular formula is C12H15N5O3S. The summed E-state index contributed by atoms with van der Waals surface area (Å²) in [6.45, 7) is 1.30. The van der Waals surface area contributed by atoms with E-state index >= 15 is 0 Å². The molecule has 1 aliphatic rings. The van der Waals surface area contributed by atoms with E-state index in [-0.39, 0.29) is 23.3 Å². The fraction of sp³-hybridized carbons (Fsp3) is 0.500. The third-order valence-electron chi connectivity index (χ3n) is 3.17. The molecule has 1 saturated heterocycles. The van der Waals surface area contributed by atoms with E-state index < -0.39 is 0 Å². The average Bonchev–Trinajstić information content (AvgIpc) is 3.14. The molecule has 3 N–H and O–H groups in total. The summed E-state index contributed by atoms with van der Waals surface area (Å²) in [6.07, 6.45) is 3.56. The van der Waals surface area contributed by atoms with Crippen molar-refractivity contribution in [3.63, 3.8) is 0 Å². The van der Waals surface area contributed by atoms with Gasteiger partial charge in [-0.25, -0.2) is 9.97 Å². The van der Waals surface area contributed by atoms with Gasteiger partial charge in [0.2, 0.25) is 5.91 Å². The number of thioether (sulfide) groups is 1. The summed E-state index contributed by atoms with van der Waals surface area (Å²) in [5.41, 5.74) is 0.392. The van der Waals surface area contributed by atoms with Gasteiger partial charge in [0.15, 0.2) is 16.3 Å². The SMILES string of the molecule is O=C(CSc1nc2nc[nH]c2c(=O)[nH]1)NC[C@H]1CCCO1. The first-order chi connectivity index (χ1) is 10.2. The Bertz CT molecular complexity index is 692. The van der Waals surface area contributed by atoms with Crippen LogP contribution < -0.4 is 10.9 Å². The number of nitrogens with one attached hydrogen (secondary N) is 3. The molecule has 2 aromatic heterocycles. The first-order valence-corrected chi connectivity index (χ1v) is 7.65. The lowest BCUT2D eigenvalue weighted by atomic mass is 10.2. The van der Waals surface area contributed by atoms with Gasteiger partial charge in [-0.3, -0.25) is 14.6 Å². The second kappa shape index (κ2) is 6.27. The highest BCUT2D eigenvalue weighted by Crippen LogP contribution is 2.13. The topological polar surface area (TPSA) is 113 Å². The van der Waals surface area contributed by atoms with Gasteiger partial charge in [-0.1, -0.05) is 11.8 Å². The van der Waals surface area contributed by atoms with E-state index in [2.05, 4.69) is 25.3 Å². The first-order valence-electron chi connectivity index (χ1n) is 6.67. The van der Waals surface area contributed by atoms with Gasteiger partial charge in [0, 0.05) is 13.2 Å². The minimum absolute atomic E-state index is 0.111. The van der Waals surface area contributed by atoms with E-state index in [0.717, 1.165) is 19.4 Å². The number of rotatable bonds is 5.